The minimum atomic E-state index is -0.683. The van der Waals surface area contributed by atoms with Crippen LogP contribution in [0, 0.1) is 0 Å². The van der Waals surface area contributed by atoms with Gasteiger partial charge in [-0.05, 0) is 48.9 Å². The number of benzene rings is 2. The number of carbonyl (C=O) groups is 2. The lowest BCUT2D eigenvalue weighted by Crippen LogP contribution is -2.68. The largest absolute Gasteiger partial charge is 0.351 e. The zero-order valence-electron chi connectivity index (χ0n) is 14.6. The van der Waals surface area contributed by atoms with Crippen LogP contribution in [0.2, 0.25) is 0 Å². The van der Waals surface area contributed by atoms with E-state index >= 15 is 0 Å². The van der Waals surface area contributed by atoms with E-state index in [9.17, 15) is 9.59 Å². The van der Waals surface area contributed by atoms with Crippen LogP contribution < -0.4 is 5.32 Å². The molecule has 1 heterocycles. The number of hydrogen-bond acceptors (Lipinski definition) is 2. The van der Waals surface area contributed by atoms with Gasteiger partial charge in [-0.2, -0.15) is 0 Å². The van der Waals surface area contributed by atoms with Crippen molar-refractivity contribution in [2.45, 2.75) is 50.6 Å². The minimum absolute atomic E-state index is 0.00900. The molecule has 1 atom stereocenters. The van der Waals surface area contributed by atoms with Gasteiger partial charge in [-0.1, -0.05) is 42.5 Å². The van der Waals surface area contributed by atoms with E-state index in [4.69, 9.17) is 0 Å². The maximum atomic E-state index is 12.9. The van der Waals surface area contributed by atoms with Crippen LogP contribution in [0.4, 0.5) is 0 Å². The number of amides is 2. The number of hydrogen-bond donors (Lipinski definition) is 1. The van der Waals surface area contributed by atoms with Gasteiger partial charge in [0.15, 0.2) is 0 Å². The SMILES string of the molecule is CC1(C(=O)NC2CCC2)CCN1C(=O)Cc1cccc2ccccc12. The molecular formula is C21H24N2O2. The van der Waals surface area contributed by atoms with Gasteiger partial charge in [0.05, 0.1) is 6.42 Å². The van der Waals surface area contributed by atoms with Gasteiger partial charge in [-0.3, -0.25) is 9.59 Å². The summed E-state index contributed by atoms with van der Waals surface area (Å²) in [4.78, 5) is 27.3. The first kappa shape index (κ1) is 16.1. The van der Waals surface area contributed by atoms with Gasteiger partial charge in [0.25, 0.3) is 0 Å². The normalized spacial score (nSPS) is 23.0. The summed E-state index contributed by atoms with van der Waals surface area (Å²) in [6, 6.07) is 14.5. The molecule has 2 aromatic carbocycles. The van der Waals surface area contributed by atoms with Gasteiger partial charge in [0.1, 0.15) is 5.54 Å². The molecule has 1 aliphatic heterocycles. The summed E-state index contributed by atoms with van der Waals surface area (Å²) in [7, 11) is 0. The summed E-state index contributed by atoms with van der Waals surface area (Å²) in [6.45, 7) is 2.56. The number of nitrogens with one attached hydrogen (secondary N) is 1. The molecule has 4 nitrogen and oxygen atoms in total. The first-order chi connectivity index (χ1) is 12.1. The fourth-order valence-corrected chi connectivity index (χ4v) is 3.79. The highest BCUT2D eigenvalue weighted by Gasteiger charge is 2.49. The first-order valence-electron chi connectivity index (χ1n) is 9.16. The highest BCUT2D eigenvalue weighted by molar-refractivity contribution is 5.95. The summed E-state index contributed by atoms with van der Waals surface area (Å²) in [5.74, 6) is 0.0450. The third-order valence-electron chi connectivity index (χ3n) is 5.87. The third kappa shape index (κ3) is 2.80. The topological polar surface area (TPSA) is 49.4 Å². The molecule has 4 rings (SSSR count). The Balaban J connectivity index is 1.49. The number of carbonyl (C=O) groups excluding carboxylic acids is 2. The van der Waals surface area contributed by atoms with E-state index in [0.717, 1.165) is 35.6 Å². The number of rotatable bonds is 4. The zero-order valence-corrected chi connectivity index (χ0v) is 14.6. The van der Waals surface area contributed by atoms with Crippen LogP contribution in [0.5, 0.6) is 0 Å². The molecule has 1 saturated carbocycles. The van der Waals surface area contributed by atoms with Gasteiger partial charge >= 0.3 is 0 Å². The van der Waals surface area contributed by atoms with Crippen molar-refractivity contribution >= 4 is 22.6 Å². The van der Waals surface area contributed by atoms with E-state index in [2.05, 4.69) is 23.5 Å². The average molecular weight is 336 g/mol. The van der Waals surface area contributed by atoms with Crippen LogP contribution in [-0.4, -0.2) is 34.8 Å². The molecule has 1 saturated heterocycles. The maximum absolute atomic E-state index is 12.9. The Labute approximate surface area is 148 Å². The molecule has 1 aliphatic carbocycles. The molecule has 0 bridgehead atoms. The van der Waals surface area contributed by atoms with Gasteiger partial charge < -0.3 is 10.2 Å². The summed E-state index contributed by atoms with van der Waals surface area (Å²) in [6.07, 6.45) is 4.39. The van der Waals surface area contributed by atoms with Crippen LogP contribution >= 0.6 is 0 Å². The molecule has 2 aliphatic rings. The van der Waals surface area contributed by atoms with E-state index < -0.39 is 5.54 Å². The molecule has 2 aromatic rings. The van der Waals surface area contributed by atoms with Crippen molar-refractivity contribution in [3.63, 3.8) is 0 Å². The van der Waals surface area contributed by atoms with Crippen molar-refractivity contribution in [3.8, 4) is 0 Å². The van der Waals surface area contributed by atoms with E-state index in [1.165, 1.54) is 6.42 Å². The number of fused-ring (bicyclic) bond motifs is 1. The van der Waals surface area contributed by atoms with E-state index in [-0.39, 0.29) is 11.8 Å². The summed E-state index contributed by atoms with van der Waals surface area (Å²) >= 11 is 0. The Morgan fingerprint density at radius 1 is 1.16 bits per heavy atom. The van der Waals surface area contributed by atoms with Crippen molar-refractivity contribution in [1.29, 1.82) is 0 Å². The molecule has 0 aromatic heterocycles. The average Bonchev–Trinajstić information content (AvgIpc) is 2.56. The van der Waals surface area contributed by atoms with Gasteiger partial charge in [-0.25, -0.2) is 0 Å². The Morgan fingerprint density at radius 2 is 1.92 bits per heavy atom. The third-order valence-corrected chi connectivity index (χ3v) is 5.87. The number of nitrogens with zero attached hydrogens (tertiary/aromatic N) is 1. The predicted molar refractivity (Wildman–Crippen MR) is 98.2 cm³/mol. The van der Waals surface area contributed by atoms with Crippen molar-refractivity contribution in [2.24, 2.45) is 0 Å². The van der Waals surface area contributed by atoms with Gasteiger partial charge in [-0.15, -0.1) is 0 Å². The van der Waals surface area contributed by atoms with Crippen LogP contribution in [0.15, 0.2) is 42.5 Å². The Kier molecular flexibility index (Phi) is 3.98. The molecular weight excluding hydrogens is 312 g/mol. The van der Waals surface area contributed by atoms with Gasteiger partial charge in [0, 0.05) is 12.6 Å². The van der Waals surface area contributed by atoms with Crippen LogP contribution in [0.25, 0.3) is 10.8 Å². The van der Waals surface area contributed by atoms with E-state index in [0.29, 0.717) is 19.0 Å². The quantitative estimate of drug-likeness (QED) is 0.933. The highest BCUT2D eigenvalue weighted by atomic mass is 16.2. The second-order valence-corrected chi connectivity index (χ2v) is 7.49. The van der Waals surface area contributed by atoms with Crippen molar-refractivity contribution < 1.29 is 9.59 Å². The fourth-order valence-electron chi connectivity index (χ4n) is 3.79. The Morgan fingerprint density at radius 3 is 2.60 bits per heavy atom. The predicted octanol–water partition coefficient (Wildman–Crippen LogP) is 3.04. The zero-order chi connectivity index (χ0) is 17.4. The second-order valence-electron chi connectivity index (χ2n) is 7.49. The molecule has 130 valence electrons. The molecule has 4 heteroatoms. The minimum Gasteiger partial charge on any atom is -0.351 e. The van der Waals surface area contributed by atoms with E-state index in [1.54, 1.807) is 4.90 Å². The monoisotopic (exact) mass is 336 g/mol. The summed E-state index contributed by atoms with van der Waals surface area (Å²) in [5, 5.41) is 5.36. The number of likely N-dealkylation sites (tertiary alicyclic amines) is 1. The molecule has 2 fully saturated rings. The molecule has 0 radical (unpaired) electrons. The van der Waals surface area contributed by atoms with Crippen LogP contribution in [0.3, 0.4) is 0 Å². The maximum Gasteiger partial charge on any atom is 0.245 e. The van der Waals surface area contributed by atoms with Crippen molar-refractivity contribution in [3.05, 3.63) is 48.0 Å². The summed E-state index contributed by atoms with van der Waals surface area (Å²) < 4.78 is 0. The van der Waals surface area contributed by atoms with Crippen LogP contribution in [-0.2, 0) is 16.0 Å². The molecule has 2 amide bonds. The molecule has 1 N–H and O–H groups in total. The highest BCUT2D eigenvalue weighted by Crippen LogP contribution is 2.33. The van der Waals surface area contributed by atoms with Crippen molar-refractivity contribution in [1.82, 2.24) is 10.2 Å². The molecule has 0 spiro atoms. The summed E-state index contributed by atoms with van der Waals surface area (Å²) in [5.41, 5.74) is 0.341. The molecule has 1 unspecified atom stereocenters. The lowest BCUT2D eigenvalue weighted by Gasteiger charge is -2.50. The Hall–Kier alpha value is -2.36. The smallest absolute Gasteiger partial charge is 0.245 e. The fraction of sp³-hybridized carbons (Fsp3) is 0.429. The Bertz CT molecular complexity index is 822. The molecule has 25 heavy (non-hydrogen) atoms. The van der Waals surface area contributed by atoms with Crippen LogP contribution in [0.1, 0.15) is 38.2 Å². The second kappa shape index (κ2) is 6.17. The van der Waals surface area contributed by atoms with Crippen molar-refractivity contribution in [2.75, 3.05) is 6.54 Å². The standard InChI is InChI=1S/C21H24N2O2/c1-21(20(25)22-17-9-5-10-17)12-13-23(21)19(24)14-16-8-4-7-15-6-2-3-11-18(15)16/h2-4,6-8,11,17H,5,9-10,12-14H2,1H3,(H,22,25). The lowest BCUT2D eigenvalue weighted by molar-refractivity contribution is -0.157. The van der Waals surface area contributed by atoms with Gasteiger partial charge in [0.2, 0.25) is 11.8 Å². The first-order valence-corrected chi connectivity index (χ1v) is 9.16. The van der Waals surface area contributed by atoms with E-state index in [1.807, 2.05) is 31.2 Å². The lowest BCUT2D eigenvalue weighted by atomic mass is 9.83.